The fourth-order valence-corrected chi connectivity index (χ4v) is 8.52. The lowest BCUT2D eigenvalue weighted by atomic mass is 10.1. The number of hydrogen-bond donors (Lipinski definition) is 0. The number of para-hydroxylation sites is 1. The van der Waals surface area contributed by atoms with Gasteiger partial charge in [-0.1, -0.05) is 78.8 Å². The Labute approximate surface area is 294 Å². The number of rotatable bonds is 15. The summed E-state index contributed by atoms with van der Waals surface area (Å²) in [4.78, 5) is 35.9. The molecule has 3 rings (SSSR count). The molecule has 2 unspecified atom stereocenters. The normalized spacial score (nSPS) is 17.3. The zero-order chi connectivity index (χ0) is 35.2. The predicted octanol–water partition coefficient (Wildman–Crippen LogP) is 8.30. The van der Waals surface area contributed by atoms with Crippen LogP contribution in [-0.4, -0.2) is 50.6 Å². The van der Waals surface area contributed by atoms with Crippen molar-refractivity contribution in [1.82, 2.24) is 0 Å². The molecule has 4 atom stereocenters. The summed E-state index contributed by atoms with van der Waals surface area (Å²) < 4.78 is 31.3. The molecule has 1 aliphatic rings. The second-order valence-electron chi connectivity index (χ2n) is 10.4. The molecule has 0 aromatic heterocycles. The molecule has 0 spiro atoms. The first-order valence-electron chi connectivity index (χ1n) is 14.4. The van der Waals surface area contributed by atoms with Crippen LogP contribution in [0.2, 0.25) is 0 Å². The van der Waals surface area contributed by atoms with E-state index in [1.807, 2.05) is 50.2 Å². The van der Waals surface area contributed by atoms with Crippen molar-refractivity contribution in [3.63, 3.8) is 0 Å². The second-order valence-corrected chi connectivity index (χ2v) is 18.0. The number of carbonyl (C=O) groups excluding carboxylic acids is 3. The number of carbonyl (C=O) groups is 3. The lowest BCUT2D eigenvalue weighted by Gasteiger charge is -2.21. The van der Waals surface area contributed by atoms with Crippen LogP contribution in [-0.2, 0) is 49.4 Å². The molecule has 0 heterocycles. The van der Waals surface area contributed by atoms with Crippen molar-refractivity contribution >= 4 is 70.0 Å². The minimum Gasteiger partial charge on any atom is -0.466 e. The first-order valence-corrected chi connectivity index (χ1v) is 19.3. The third-order valence-corrected chi connectivity index (χ3v) is 13.0. The van der Waals surface area contributed by atoms with E-state index in [-0.39, 0.29) is 41.4 Å². The van der Waals surface area contributed by atoms with Gasteiger partial charge < -0.3 is 28.0 Å². The van der Waals surface area contributed by atoms with Crippen LogP contribution in [0.5, 0.6) is 11.5 Å². The molecule has 0 amide bonds. The Bertz CT molecular complexity index is 1470. The summed E-state index contributed by atoms with van der Waals surface area (Å²) >= 11 is 17.6. The molecular weight excluding hydrogens is 708 g/mol. The molecule has 1 saturated carbocycles. The highest BCUT2D eigenvalue weighted by Gasteiger charge is 2.62. The van der Waals surface area contributed by atoms with Crippen molar-refractivity contribution in [2.45, 2.75) is 45.5 Å². The molecule has 2 aromatic carbocycles. The number of nitrogens with zero attached hydrogens (tertiary/aromatic N) is 1. The van der Waals surface area contributed by atoms with Crippen LogP contribution in [0, 0.1) is 28.6 Å². The average molecular weight is 747 g/mol. The fourth-order valence-electron chi connectivity index (χ4n) is 4.39. The van der Waals surface area contributed by atoms with Crippen LogP contribution in [0.4, 0.5) is 0 Å². The van der Waals surface area contributed by atoms with Gasteiger partial charge in [0.2, 0.25) is 11.8 Å². The van der Waals surface area contributed by atoms with Crippen molar-refractivity contribution in [1.29, 1.82) is 5.26 Å². The summed E-state index contributed by atoms with van der Waals surface area (Å²) in [5.41, 5.74) is -2.42. The topological polar surface area (TPSA) is 130 Å². The maximum atomic E-state index is 12.6. The van der Waals surface area contributed by atoms with Crippen LogP contribution in [0.3, 0.4) is 0 Å². The molecule has 47 heavy (non-hydrogen) atoms. The zero-order valence-corrected chi connectivity index (χ0v) is 30.9. The van der Waals surface area contributed by atoms with Gasteiger partial charge in [0, 0.05) is 19.8 Å². The van der Waals surface area contributed by atoms with E-state index < -0.39 is 35.0 Å². The zero-order valence-electron chi connectivity index (χ0n) is 26.8. The number of ether oxygens (including phenoxy) is 4. The van der Waals surface area contributed by atoms with E-state index in [2.05, 4.69) is 0 Å². The Balaban J connectivity index is 0.000000355. The van der Waals surface area contributed by atoms with E-state index in [1.54, 1.807) is 44.2 Å². The van der Waals surface area contributed by atoms with Gasteiger partial charge in [-0.25, -0.2) is 0 Å². The maximum absolute atomic E-state index is 12.6. The Hall–Kier alpha value is -2.62. The summed E-state index contributed by atoms with van der Waals surface area (Å²) in [6, 6.07) is 18.3. The first-order chi connectivity index (χ1) is 22.2. The van der Waals surface area contributed by atoms with Crippen molar-refractivity contribution in [2.75, 3.05) is 27.4 Å². The van der Waals surface area contributed by atoms with Gasteiger partial charge in [0.25, 0.3) is 0 Å². The minimum atomic E-state index is -2.65. The third-order valence-electron chi connectivity index (χ3n) is 6.87. The number of allylic oxidation sites excluding steroid dienone is 1. The quantitative estimate of drug-likeness (QED) is 0.0987. The number of esters is 3. The summed E-state index contributed by atoms with van der Waals surface area (Å²) in [6.45, 7) is 7.73. The van der Waals surface area contributed by atoms with Crippen LogP contribution in [0.1, 0.15) is 45.8 Å². The van der Waals surface area contributed by atoms with E-state index in [4.69, 9.17) is 63.0 Å². The van der Waals surface area contributed by atoms with E-state index in [9.17, 15) is 19.6 Å². The molecule has 10 nitrogen and oxygen atoms in total. The van der Waals surface area contributed by atoms with Crippen molar-refractivity contribution in [3.8, 4) is 17.6 Å². The van der Waals surface area contributed by atoms with Gasteiger partial charge >= 0.3 is 17.9 Å². The molecule has 1 aliphatic carbocycles. The summed E-state index contributed by atoms with van der Waals surface area (Å²) in [7, 11) is 2.81. The van der Waals surface area contributed by atoms with E-state index in [1.165, 1.54) is 14.2 Å². The number of nitriles is 1. The maximum Gasteiger partial charge on any atom is 0.320 e. The lowest BCUT2D eigenvalue weighted by molar-refractivity contribution is -0.149. The highest BCUT2D eigenvalue weighted by molar-refractivity contribution is 8.68. The third kappa shape index (κ3) is 12.7. The van der Waals surface area contributed by atoms with Gasteiger partial charge in [-0.15, -0.1) is 0 Å². The van der Waals surface area contributed by atoms with Crippen LogP contribution in [0.25, 0.3) is 0 Å². The minimum absolute atomic E-state index is 0.114. The first kappa shape index (κ1) is 40.6. The molecular formula is C32H38Cl2NO9PS2. The Kier molecular flexibility index (Phi) is 16.7. The number of benzene rings is 2. The standard InChI is InChI=1S/C22H19Cl2NO3.C10H19O6PS2/c1-22(2)17(12-19(23)24)20(22)21(26)28-18(13-25)14-7-6-10-16(11-14)27-15-8-4-3-5-9-15;1-5-15-9(11)7-8(10(12)16-6-2)19-17(18,13-3)14-4/h3-12,17-18,20H,1-2H3;8H,5-7H2,1-4H3/t17-,18?,20-;/m0./s1. The van der Waals surface area contributed by atoms with Crippen LogP contribution < -0.4 is 4.74 Å². The Morgan fingerprint density at radius 3 is 2.19 bits per heavy atom. The highest BCUT2D eigenvalue weighted by Crippen LogP contribution is 2.62. The van der Waals surface area contributed by atoms with Gasteiger partial charge in [0.1, 0.15) is 27.3 Å². The second kappa shape index (κ2) is 19.4. The molecule has 2 aromatic rings. The molecule has 0 aliphatic heterocycles. The van der Waals surface area contributed by atoms with Crippen molar-refractivity contribution < 1.29 is 42.4 Å². The Morgan fingerprint density at radius 1 is 1.02 bits per heavy atom. The van der Waals surface area contributed by atoms with Crippen molar-refractivity contribution in [3.05, 3.63) is 70.7 Å². The lowest BCUT2D eigenvalue weighted by Crippen LogP contribution is -2.24. The van der Waals surface area contributed by atoms with E-state index in [0.29, 0.717) is 17.1 Å². The number of halogens is 2. The molecule has 0 saturated heterocycles. The van der Waals surface area contributed by atoms with Gasteiger partial charge in [-0.05, 0) is 67.3 Å². The largest absolute Gasteiger partial charge is 0.466 e. The van der Waals surface area contributed by atoms with Crippen molar-refractivity contribution in [2.24, 2.45) is 17.3 Å². The van der Waals surface area contributed by atoms with Gasteiger partial charge in [-0.3, -0.25) is 14.4 Å². The van der Waals surface area contributed by atoms with Crippen LogP contribution in [0.15, 0.2) is 65.2 Å². The van der Waals surface area contributed by atoms with Gasteiger partial charge in [-0.2, -0.15) is 5.26 Å². The van der Waals surface area contributed by atoms with Gasteiger partial charge in [0.05, 0.1) is 25.6 Å². The van der Waals surface area contributed by atoms with E-state index >= 15 is 0 Å². The average Bonchev–Trinajstić information content (AvgIpc) is 3.58. The van der Waals surface area contributed by atoms with E-state index in [0.717, 1.165) is 11.4 Å². The summed E-state index contributed by atoms with van der Waals surface area (Å²) in [5, 5.41) is 8.74. The monoisotopic (exact) mass is 745 g/mol. The highest BCUT2D eigenvalue weighted by atomic mass is 35.5. The number of hydrogen-bond acceptors (Lipinski definition) is 12. The molecule has 1 fully saturated rings. The summed E-state index contributed by atoms with van der Waals surface area (Å²) in [5.74, 6) is -0.719. The smallest absolute Gasteiger partial charge is 0.320 e. The molecule has 0 radical (unpaired) electrons. The fraction of sp³-hybridized carbons (Fsp3) is 0.438. The van der Waals surface area contributed by atoms with Crippen LogP contribution >= 0.6 is 40.3 Å². The Morgan fingerprint density at radius 2 is 1.64 bits per heavy atom. The molecule has 0 N–H and O–H groups in total. The SMILES string of the molecule is CC1(C)[C@H](C(=O)OC(C#N)c2cccc(Oc3ccccc3)c2)[C@@H]1C=C(Cl)Cl.CCOC(=O)CC(SP(=S)(OC)OC)C(=O)OCC. The predicted molar refractivity (Wildman–Crippen MR) is 186 cm³/mol. The molecule has 15 heteroatoms. The van der Waals surface area contributed by atoms with Gasteiger partial charge in [0.15, 0.2) is 0 Å². The summed E-state index contributed by atoms with van der Waals surface area (Å²) in [6.07, 6.45) is 0.493. The molecule has 0 bridgehead atoms. The molecule has 256 valence electrons.